The van der Waals surface area contributed by atoms with Crippen LogP contribution in [-0.4, -0.2) is 56.2 Å². The molecular weight excluding hydrogens is 230 g/mol. The summed E-state index contributed by atoms with van der Waals surface area (Å²) in [5.74, 6) is -0.242. The molecule has 0 amide bonds. The molecule has 1 aliphatic carbocycles. The van der Waals surface area contributed by atoms with Crippen molar-refractivity contribution < 1.29 is 14.2 Å². The minimum atomic E-state index is -0.242. The molecule has 3 fully saturated rings. The van der Waals surface area contributed by atoms with Crippen molar-refractivity contribution in [1.29, 1.82) is 0 Å². The molecule has 2 unspecified atom stereocenters. The molecule has 2 aliphatic heterocycles. The smallest absolute Gasteiger partial charge is 0.170 e. The van der Waals surface area contributed by atoms with Crippen molar-refractivity contribution in [3.63, 3.8) is 0 Å². The van der Waals surface area contributed by atoms with Crippen LogP contribution in [0.2, 0.25) is 0 Å². The fraction of sp³-hybridized carbons (Fsp3) is 1.00. The zero-order valence-corrected chi connectivity index (χ0v) is 11.4. The van der Waals surface area contributed by atoms with Crippen LogP contribution in [0, 0.1) is 0 Å². The summed E-state index contributed by atoms with van der Waals surface area (Å²) in [4.78, 5) is 2.60. The van der Waals surface area contributed by atoms with Gasteiger partial charge in [-0.25, -0.2) is 0 Å². The molecule has 1 saturated carbocycles. The van der Waals surface area contributed by atoms with Crippen LogP contribution in [0.25, 0.3) is 0 Å². The van der Waals surface area contributed by atoms with E-state index in [0.717, 1.165) is 39.1 Å². The zero-order valence-electron chi connectivity index (χ0n) is 11.4. The van der Waals surface area contributed by atoms with E-state index in [2.05, 4.69) is 4.90 Å². The van der Waals surface area contributed by atoms with Gasteiger partial charge in [-0.05, 0) is 12.8 Å². The van der Waals surface area contributed by atoms with Crippen molar-refractivity contribution in [2.75, 3.05) is 33.4 Å². The lowest BCUT2D eigenvalue weighted by Crippen LogP contribution is -2.53. The Hall–Kier alpha value is -0.160. The highest BCUT2D eigenvalue weighted by atomic mass is 16.7. The third-order valence-electron chi connectivity index (χ3n) is 4.81. The highest BCUT2D eigenvalue weighted by molar-refractivity contribution is 4.90. The first-order valence-corrected chi connectivity index (χ1v) is 7.38. The standard InChI is InChI=1S/C14H25NO3/c1-16-13-5-3-2-4-12(13)15-8-6-14(7-9-15)17-10-11-18-14/h12-13H,2-11H2,1H3. The SMILES string of the molecule is COC1CCCCC1N1CCC2(CC1)OCCO2. The van der Waals surface area contributed by atoms with Crippen molar-refractivity contribution in [3.05, 3.63) is 0 Å². The fourth-order valence-electron chi connectivity index (χ4n) is 3.75. The van der Waals surface area contributed by atoms with E-state index in [9.17, 15) is 0 Å². The molecule has 0 N–H and O–H groups in total. The van der Waals surface area contributed by atoms with Crippen LogP contribution in [0.1, 0.15) is 38.5 Å². The first-order chi connectivity index (χ1) is 8.83. The predicted octanol–water partition coefficient (Wildman–Crippen LogP) is 1.78. The van der Waals surface area contributed by atoms with Gasteiger partial charge in [-0.15, -0.1) is 0 Å². The Balaban J connectivity index is 1.57. The Kier molecular flexibility index (Phi) is 3.89. The molecule has 0 radical (unpaired) electrons. The topological polar surface area (TPSA) is 30.9 Å². The van der Waals surface area contributed by atoms with Gasteiger partial charge in [0.2, 0.25) is 0 Å². The first kappa shape index (κ1) is 12.9. The maximum atomic E-state index is 5.79. The first-order valence-electron chi connectivity index (χ1n) is 7.38. The van der Waals surface area contributed by atoms with Gasteiger partial charge in [-0.3, -0.25) is 4.90 Å². The molecule has 0 bridgehead atoms. The maximum Gasteiger partial charge on any atom is 0.170 e. The van der Waals surface area contributed by atoms with Gasteiger partial charge in [0, 0.05) is 39.1 Å². The van der Waals surface area contributed by atoms with Crippen LogP contribution in [0.4, 0.5) is 0 Å². The summed E-state index contributed by atoms with van der Waals surface area (Å²) in [7, 11) is 1.86. The third-order valence-corrected chi connectivity index (χ3v) is 4.81. The predicted molar refractivity (Wildman–Crippen MR) is 68.5 cm³/mol. The molecule has 0 aromatic heterocycles. The van der Waals surface area contributed by atoms with Gasteiger partial charge in [0.25, 0.3) is 0 Å². The number of hydrogen-bond donors (Lipinski definition) is 0. The molecular formula is C14H25NO3. The summed E-state index contributed by atoms with van der Waals surface area (Å²) in [5.41, 5.74) is 0. The molecule has 104 valence electrons. The lowest BCUT2D eigenvalue weighted by Gasteiger charge is -2.44. The summed E-state index contributed by atoms with van der Waals surface area (Å²) in [5, 5.41) is 0. The Bertz CT molecular complexity index is 268. The average molecular weight is 255 g/mol. The van der Waals surface area contributed by atoms with Crippen molar-refractivity contribution in [1.82, 2.24) is 4.90 Å². The molecule has 0 aromatic rings. The summed E-state index contributed by atoms with van der Waals surface area (Å²) in [6.45, 7) is 3.71. The monoisotopic (exact) mass is 255 g/mol. The third kappa shape index (κ3) is 2.44. The van der Waals surface area contributed by atoms with E-state index < -0.39 is 0 Å². The second kappa shape index (κ2) is 5.45. The number of nitrogens with zero attached hydrogens (tertiary/aromatic N) is 1. The molecule has 2 heterocycles. The zero-order chi connectivity index (χ0) is 12.4. The summed E-state index contributed by atoms with van der Waals surface area (Å²) < 4.78 is 17.2. The lowest BCUT2D eigenvalue weighted by atomic mass is 9.89. The summed E-state index contributed by atoms with van der Waals surface area (Å²) in [6.07, 6.45) is 7.62. The molecule has 2 atom stereocenters. The average Bonchev–Trinajstić information content (AvgIpc) is 2.88. The van der Waals surface area contributed by atoms with E-state index in [4.69, 9.17) is 14.2 Å². The van der Waals surface area contributed by atoms with Crippen LogP contribution in [-0.2, 0) is 14.2 Å². The van der Waals surface area contributed by atoms with Crippen LogP contribution in [0.5, 0.6) is 0 Å². The number of methoxy groups -OCH3 is 1. The Morgan fingerprint density at radius 1 is 1.06 bits per heavy atom. The molecule has 4 heteroatoms. The normalized spacial score (nSPS) is 37.2. The van der Waals surface area contributed by atoms with E-state index in [1.165, 1.54) is 25.7 Å². The van der Waals surface area contributed by atoms with Gasteiger partial charge in [0.05, 0.1) is 19.3 Å². The number of rotatable bonds is 2. The number of hydrogen-bond acceptors (Lipinski definition) is 4. The Morgan fingerprint density at radius 2 is 1.72 bits per heavy atom. The lowest BCUT2D eigenvalue weighted by molar-refractivity contribution is -0.191. The fourth-order valence-corrected chi connectivity index (χ4v) is 3.75. The van der Waals surface area contributed by atoms with Gasteiger partial charge in [0.15, 0.2) is 5.79 Å². The summed E-state index contributed by atoms with van der Waals surface area (Å²) in [6, 6.07) is 0.613. The minimum Gasteiger partial charge on any atom is -0.380 e. The molecule has 4 nitrogen and oxygen atoms in total. The van der Waals surface area contributed by atoms with E-state index in [1.54, 1.807) is 0 Å². The highest BCUT2D eigenvalue weighted by Crippen LogP contribution is 2.34. The largest absolute Gasteiger partial charge is 0.380 e. The van der Waals surface area contributed by atoms with E-state index in [0.29, 0.717) is 12.1 Å². The summed E-state index contributed by atoms with van der Waals surface area (Å²) >= 11 is 0. The second-order valence-corrected chi connectivity index (χ2v) is 5.77. The van der Waals surface area contributed by atoms with Crippen molar-refractivity contribution >= 4 is 0 Å². The van der Waals surface area contributed by atoms with E-state index >= 15 is 0 Å². The van der Waals surface area contributed by atoms with Gasteiger partial charge in [-0.2, -0.15) is 0 Å². The Labute approximate surface area is 110 Å². The van der Waals surface area contributed by atoms with Crippen LogP contribution < -0.4 is 0 Å². The van der Waals surface area contributed by atoms with Gasteiger partial charge >= 0.3 is 0 Å². The molecule has 3 rings (SSSR count). The second-order valence-electron chi connectivity index (χ2n) is 5.77. The van der Waals surface area contributed by atoms with Gasteiger partial charge in [-0.1, -0.05) is 12.8 Å². The maximum absolute atomic E-state index is 5.79. The molecule has 2 saturated heterocycles. The molecule has 0 aromatic carbocycles. The molecule has 1 spiro atoms. The number of likely N-dealkylation sites (tertiary alicyclic amines) is 1. The minimum absolute atomic E-state index is 0.242. The molecule has 3 aliphatic rings. The van der Waals surface area contributed by atoms with E-state index in [1.807, 2.05) is 7.11 Å². The van der Waals surface area contributed by atoms with Crippen LogP contribution in [0.15, 0.2) is 0 Å². The highest BCUT2D eigenvalue weighted by Gasteiger charge is 2.42. The van der Waals surface area contributed by atoms with Crippen LogP contribution >= 0.6 is 0 Å². The van der Waals surface area contributed by atoms with Crippen molar-refractivity contribution in [2.45, 2.75) is 56.5 Å². The van der Waals surface area contributed by atoms with Crippen molar-refractivity contribution in [3.8, 4) is 0 Å². The van der Waals surface area contributed by atoms with Crippen LogP contribution in [0.3, 0.4) is 0 Å². The quantitative estimate of drug-likeness (QED) is 0.752. The Morgan fingerprint density at radius 3 is 2.39 bits per heavy atom. The van der Waals surface area contributed by atoms with Gasteiger partial charge < -0.3 is 14.2 Å². The van der Waals surface area contributed by atoms with E-state index in [-0.39, 0.29) is 5.79 Å². The number of ether oxygens (including phenoxy) is 3. The molecule has 18 heavy (non-hydrogen) atoms. The van der Waals surface area contributed by atoms with Gasteiger partial charge in [0.1, 0.15) is 0 Å². The number of piperidine rings is 1. The van der Waals surface area contributed by atoms with Crippen molar-refractivity contribution in [2.24, 2.45) is 0 Å².